The summed E-state index contributed by atoms with van der Waals surface area (Å²) in [5.41, 5.74) is 2.41. The summed E-state index contributed by atoms with van der Waals surface area (Å²) in [7, 11) is 1.67. The molecule has 3 rings (SSSR count). The lowest BCUT2D eigenvalue weighted by Gasteiger charge is -2.42. The average Bonchev–Trinajstić information content (AvgIpc) is 2.91. The van der Waals surface area contributed by atoms with Gasteiger partial charge in [-0.05, 0) is 55.5 Å². The topological polar surface area (TPSA) is 47.9 Å². The van der Waals surface area contributed by atoms with Crippen molar-refractivity contribution in [2.24, 2.45) is 0 Å². The molecular weight excluding hydrogens is 268 g/mol. The monoisotopic (exact) mass is 292 g/mol. The Morgan fingerprint density at radius 3 is 2.00 bits per heavy atom. The van der Waals surface area contributed by atoms with Crippen LogP contribution in [0.5, 0.6) is 5.75 Å². The SMILES string of the molecule is COc1cc(C)c(C2(O)CCC3(CC2)OCCO3)c(C)c1. The summed E-state index contributed by atoms with van der Waals surface area (Å²) in [6.45, 7) is 5.41. The van der Waals surface area contributed by atoms with Crippen molar-refractivity contribution in [3.05, 3.63) is 28.8 Å². The van der Waals surface area contributed by atoms with Crippen molar-refractivity contribution in [3.8, 4) is 5.75 Å². The van der Waals surface area contributed by atoms with Crippen LogP contribution in [0.15, 0.2) is 12.1 Å². The number of aliphatic hydroxyl groups is 1. The van der Waals surface area contributed by atoms with Crippen molar-refractivity contribution < 1.29 is 19.3 Å². The molecule has 1 saturated carbocycles. The Hall–Kier alpha value is -1.10. The van der Waals surface area contributed by atoms with E-state index in [1.807, 2.05) is 26.0 Å². The van der Waals surface area contributed by atoms with Crippen LogP contribution in [0.1, 0.15) is 42.4 Å². The second-order valence-corrected chi connectivity index (χ2v) is 6.28. The Morgan fingerprint density at radius 2 is 1.52 bits per heavy atom. The Bertz CT molecular complexity index is 499. The Labute approximate surface area is 126 Å². The third kappa shape index (κ3) is 2.56. The maximum Gasteiger partial charge on any atom is 0.168 e. The molecule has 2 aliphatic rings. The third-order valence-electron chi connectivity index (χ3n) is 4.86. The van der Waals surface area contributed by atoms with Gasteiger partial charge in [0.2, 0.25) is 0 Å². The summed E-state index contributed by atoms with van der Waals surface area (Å²) in [6.07, 6.45) is 2.82. The fourth-order valence-electron chi connectivity index (χ4n) is 3.86. The van der Waals surface area contributed by atoms with Crippen molar-refractivity contribution in [1.29, 1.82) is 0 Å². The van der Waals surface area contributed by atoms with Crippen molar-refractivity contribution in [2.75, 3.05) is 20.3 Å². The summed E-state index contributed by atoms with van der Waals surface area (Å²) in [5.74, 6) is 0.396. The molecule has 2 fully saturated rings. The highest BCUT2D eigenvalue weighted by Crippen LogP contribution is 2.46. The van der Waals surface area contributed by atoms with Gasteiger partial charge in [-0.2, -0.15) is 0 Å². The van der Waals surface area contributed by atoms with Crippen LogP contribution in [-0.4, -0.2) is 31.2 Å². The Balaban J connectivity index is 1.87. The van der Waals surface area contributed by atoms with E-state index >= 15 is 0 Å². The second-order valence-electron chi connectivity index (χ2n) is 6.28. The zero-order chi connectivity index (χ0) is 15.1. The molecule has 1 heterocycles. The lowest BCUT2D eigenvalue weighted by atomic mass is 9.74. The Morgan fingerprint density at radius 1 is 1.00 bits per heavy atom. The van der Waals surface area contributed by atoms with E-state index in [1.54, 1.807) is 7.11 Å². The van der Waals surface area contributed by atoms with Crippen LogP contribution >= 0.6 is 0 Å². The second kappa shape index (κ2) is 5.27. The molecule has 1 aromatic rings. The standard InChI is InChI=1S/C17H24O4/c1-12-10-14(19-3)11-13(2)15(12)16(18)4-6-17(7-5-16)20-8-9-21-17/h10-11,18H,4-9H2,1-3H3. The quantitative estimate of drug-likeness (QED) is 0.910. The van der Waals surface area contributed by atoms with Crippen LogP contribution in [0, 0.1) is 13.8 Å². The first-order valence-electron chi connectivity index (χ1n) is 7.64. The van der Waals surface area contributed by atoms with Gasteiger partial charge < -0.3 is 19.3 Å². The van der Waals surface area contributed by atoms with Crippen LogP contribution in [0.2, 0.25) is 0 Å². The van der Waals surface area contributed by atoms with Crippen LogP contribution in [0.4, 0.5) is 0 Å². The van der Waals surface area contributed by atoms with Gasteiger partial charge in [0.05, 0.1) is 25.9 Å². The molecule has 1 aromatic carbocycles. The van der Waals surface area contributed by atoms with E-state index in [0.29, 0.717) is 26.1 Å². The number of hydrogen-bond acceptors (Lipinski definition) is 4. The highest BCUT2D eigenvalue weighted by Gasteiger charge is 2.47. The number of rotatable bonds is 2. The molecule has 1 spiro atoms. The minimum absolute atomic E-state index is 0.444. The zero-order valence-corrected chi connectivity index (χ0v) is 13.1. The zero-order valence-electron chi connectivity index (χ0n) is 13.1. The van der Waals surface area contributed by atoms with E-state index in [4.69, 9.17) is 14.2 Å². The predicted molar refractivity (Wildman–Crippen MR) is 79.5 cm³/mol. The van der Waals surface area contributed by atoms with E-state index in [9.17, 15) is 5.11 Å². The van der Waals surface area contributed by atoms with Crippen LogP contribution in [0.3, 0.4) is 0 Å². The van der Waals surface area contributed by atoms with Crippen molar-refractivity contribution in [3.63, 3.8) is 0 Å². The maximum atomic E-state index is 11.2. The van der Waals surface area contributed by atoms with Crippen molar-refractivity contribution in [2.45, 2.75) is 50.9 Å². The average molecular weight is 292 g/mol. The lowest BCUT2D eigenvalue weighted by molar-refractivity contribution is -0.204. The highest BCUT2D eigenvalue weighted by molar-refractivity contribution is 5.44. The fourth-order valence-corrected chi connectivity index (χ4v) is 3.86. The predicted octanol–water partition coefficient (Wildman–Crippen LogP) is 2.82. The molecule has 0 bridgehead atoms. The summed E-state index contributed by atoms with van der Waals surface area (Å²) in [5, 5.41) is 11.2. The first-order valence-corrected chi connectivity index (χ1v) is 7.64. The number of methoxy groups -OCH3 is 1. The maximum absolute atomic E-state index is 11.2. The first kappa shape index (κ1) is 14.8. The molecule has 1 aliphatic heterocycles. The first-order chi connectivity index (χ1) is 9.98. The smallest absolute Gasteiger partial charge is 0.168 e. The van der Waals surface area contributed by atoms with Gasteiger partial charge in [0.15, 0.2) is 5.79 Å². The van der Waals surface area contributed by atoms with Gasteiger partial charge in [0.1, 0.15) is 5.75 Å². The molecule has 1 N–H and O–H groups in total. The van der Waals surface area contributed by atoms with E-state index in [2.05, 4.69) is 0 Å². The highest BCUT2D eigenvalue weighted by atomic mass is 16.7. The molecule has 4 nitrogen and oxygen atoms in total. The van der Waals surface area contributed by atoms with Gasteiger partial charge >= 0.3 is 0 Å². The number of benzene rings is 1. The molecule has 21 heavy (non-hydrogen) atoms. The molecule has 0 amide bonds. The van der Waals surface area contributed by atoms with Gasteiger partial charge in [-0.3, -0.25) is 0 Å². The minimum Gasteiger partial charge on any atom is -0.497 e. The molecule has 0 radical (unpaired) electrons. The number of aryl methyl sites for hydroxylation is 2. The third-order valence-corrected chi connectivity index (χ3v) is 4.86. The molecule has 4 heteroatoms. The van der Waals surface area contributed by atoms with Gasteiger partial charge in [-0.15, -0.1) is 0 Å². The molecule has 0 unspecified atom stereocenters. The summed E-state index contributed by atoms with van der Waals surface area (Å²) >= 11 is 0. The summed E-state index contributed by atoms with van der Waals surface area (Å²) in [4.78, 5) is 0. The lowest BCUT2D eigenvalue weighted by Crippen LogP contribution is -2.42. The van der Waals surface area contributed by atoms with Crippen molar-refractivity contribution in [1.82, 2.24) is 0 Å². The van der Waals surface area contributed by atoms with Crippen LogP contribution in [0.25, 0.3) is 0 Å². The van der Waals surface area contributed by atoms with Gasteiger partial charge in [0.25, 0.3) is 0 Å². The van der Waals surface area contributed by atoms with Crippen LogP contribution in [-0.2, 0) is 15.1 Å². The number of ether oxygens (including phenoxy) is 3. The number of hydrogen-bond donors (Lipinski definition) is 1. The van der Waals surface area contributed by atoms with Crippen LogP contribution < -0.4 is 4.74 Å². The minimum atomic E-state index is -0.791. The fraction of sp³-hybridized carbons (Fsp3) is 0.647. The normalized spacial score (nSPS) is 23.4. The van der Waals surface area contributed by atoms with E-state index in [0.717, 1.165) is 35.3 Å². The molecule has 1 aliphatic carbocycles. The molecule has 1 saturated heterocycles. The Kier molecular flexibility index (Phi) is 3.72. The summed E-state index contributed by atoms with van der Waals surface area (Å²) < 4.78 is 16.8. The van der Waals surface area contributed by atoms with Gasteiger partial charge in [-0.25, -0.2) is 0 Å². The van der Waals surface area contributed by atoms with E-state index in [1.165, 1.54) is 0 Å². The van der Waals surface area contributed by atoms with Crippen molar-refractivity contribution >= 4 is 0 Å². The van der Waals surface area contributed by atoms with E-state index < -0.39 is 11.4 Å². The summed E-state index contributed by atoms with van der Waals surface area (Å²) in [6, 6.07) is 3.99. The van der Waals surface area contributed by atoms with Gasteiger partial charge in [-0.1, -0.05) is 0 Å². The largest absolute Gasteiger partial charge is 0.497 e. The molecule has 0 aromatic heterocycles. The van der Waals surface area contributed by atoms with Gasteiger partial charge in [0, 0.05) is 12.8 Å². The molecule has 116 valence electrons. The molecular formula is C17H24O4. The van der Waals surface area contributed by atoms with E-state index in [-0.39, 0.29) is 0 Å². The molecule has 0 atom stereocenters.